The van der Waals surface area contributed by atoms with Crippen LogP contribution in [0, 0.1) is 5.92 Å². The molecule has 134 valence electrons. The van der Waals surface area contributed by atoms with Crippen molar-refractivity contribution in [2.45, 2.75) is 12.6 Å². The van der Waals surface area contributed by atoms with E-state index in [1.54, 1.807) is 0 Å². The van der Waals surface area contributed by atoms with Crippen LogP contribution in [0.5, 0.6) is 0 Å². The molecule has 0 spiro atoms. The van der Waals surface area contributed by atoms with Gasteiger partial charge in [-0.15, -0.1) is 0 Å². The van der Waals surface area contributed by atoms with E-state index in [0.717, 1.165) is 42.1 Å². The molecule has 5 heteroatoms. The molecular formula is C21H24N4O. The minimum Gasteiger partial charge on any atom is -0.391 e. The number of nitrogens with zero attached hydrogens (tertiary/aromatic N) is 2. The number of rotatable bonds is 6. The maximum absolute atomic E-state index is 9.95. The summed E-state index contributed by atoms with van der Waals surface area (Å²) >= 11 is 0. The van der Waals surface area contributed by atoms with Crippen molar-refractivity contribution in [3.05, 3.63) is 72.4 Å². The maximum Gasteiger partial charge on any atom is 0.0972 e. The summed E-state index contributed by atoms with van der Waals surface area (Å²) in [6, 6.07) is 20.4. The summed E-state index contributed by atoms with van der Waals surface area (Å²) in [4.78, 5) is 0. The first-order chi connectivity index (χ1) is 12.8. The normalized spacial score (nSPS) is 19.7. The Morgan fingerprint density at radius 3 is 2.46 bits per heavy atom. The Morgan fingerprint density at radius 2 is 1.77 bits per heavy atom. The van der Waals surface area contributed by atoms with E-state index in [-0.39, 0.29) is 12.0 Å². The van der Waals surface area contributed by atoms with Crippen molar-refractivity contribution >= 4 is 0 Å². The molecule has 4 rings (SSSR count). The molecule has 0 unspecified atom stereocenters. The van der Waals surface area contributed by atoms with Crippen LogP contribution in [0.25, 0.3) is 16.9 Å². The monoisotopic (exact) mass is 348 g/mol. The number of nitrogens with one attached hydrogen (secondary N) is 2. The summed E-state index contributed by atoms with van der Waals surface area (Å²) in [5, 5.41) is 21.5. The largest absolute Gasteiger partial charge is 0.391 e. The fraction of sp³-hybridized carbons (Fsp3) is 0.286. The molecule has 0 amide bonds. The van der Waals surface area contributed by atoms with E-state index in [1.165, 1.54) is 0 Å². The van der Waals surface area contributed by atoms with E-state index in [1.807, 2.05) is 41.1 Å². The van der Waals surface area contributed by atoms with Gasteiger partial charge in [0.2, 0.25) is 0 Å². The van der Waals surface area contributed by atoms with Crippen LogP contribution >= 0.6 is 0 Å². The molecule has 1 saturated heterocycles. The molecule has 0 aliphatic carbocycles. The average Bonchev–Trinajstić information content (AvgIpc) is 3.30. The zero-order valence-corrected chi connectivity index (χ0v) is 14.7. The van der Waals surface area contributed by atoms with Crippen LogP contribution in [0.2, 0.25) is 0 Å². The summed E-state index contributed by atoms with van der Waals surface area (Å²) < 4.78 is 1.94. The lowest BCUT2D eigenvalue weighted by atomic mass is 10.1. The zero-order chi connectivity index (χ0) is 17.8. The highest BCUT2D eigenvalue weighted by atomic mass is 16.3. The Labute approximate surface area is 153 Å². The summed E-state index contributed by atoms with van der Waals surface area (Å²) in [5.74, 6) is 0.263. The molecule has 0 saturated carbocycles. The lowest BCUT2D eigenvalue weighted by molar-refractivity contribution is 0.146. The number of aromatic nitrogens is 2. The Hall–Kier alpha value is -2.47. The van der Waals surface area contributed by atoms with Crippen molar-refractivity contribution in [1.29, 1.82) is 0 Å². The van der Waals surface area contributed by atoms with Crippen molar-refractivity contribution in [1.82, 2.24) is 20.4 Å². The molecule has 2 aromatic carbocycles. The molecule has 0 radical (unpaired) electrons. The molecule has 2 atom stereocenters. The SMILES string of the molecule is O[C@@H]1CNC[C@@H]1CNCc1cn(-c2ccccc2)nc1-c1ccccc1. The highest BCUT2D eigenvalue weighted by Crippen LogP contribution is 2.23. The predicted octanol–water partition coefficient (Wildman–Crippen LogP) is 2.21. The molecule has 1 aliphatic rings. The second-order valence-electron chi connectivity index (χ2n) is 6.77. The van der Waals surface area contributed by atoms with Gasteiger partial charge in [-0.05, 0) is 12.1 Å². The third-order valence-electron chi connectivity index (χ3n) is 4.88. The van der Waals surface area contributed by atoms with E-state index in [0.29, 0.717) is 6.54 Å². The van der Waals surface area contributed by atoms with Crippen LogP contribution in [-0.4, -0.2) is 40.6 Å². The third-order valence-corrected chi connectivity index (χ3v) is 4.88. The lowest BCUT2D eigenvalue weighted by Crippen LogP contribution is -2.30. The second-order valence-corrected chi connectivity index (χ2v) is 6.77. The summed E-state index contributed by atoms with van der Waals surface area (Å²) in [6.07, 6.45) is 1.83. The van der Waals surface area contributed by atoms with Gasteiger partial charge in [-0.25, -0.2) is 4.68 Å². The highest BCUT2D eigenvalue weighted by Gasteiger charge is 2.24. The number of hydrogen-bond donors (Lipinski definition) is 3. The van der Waals surface area contributed by atoms with Gasteiger partial charge < -0.3 is 15.7 Å². The summed E-state index contributed by atoms with van der Waals surface area (Å²) in [5.41, 5.74) is 4.31. The van der Waals surface area contributed by atoms with Gasteiger partial charge in [-0.1, -0.05) is 48.5 Å². The smallest absolute Gasteiger partial charge is 0.0972 e. The molecular weight excluding hydrogens is 324 g/mol. The molecule has 2 heterocycles. The molecule has 1 aromatic heterocycles. The quantitative estimate of drug-likeness (QED) is 0.639. The Morgan fingerprint density at radius 1 is 1.04 bits per heavy atom. The van der Waals surface area contributed by atoms with Crippen molar-refractivity contribution in [3.8, 4) is 16.9 Å². The van der Waals surface area contributed by atoms with Crippen LogP contribution < -0.4 is 10.6 Å². The Kier molecular flexibility index (Phi) is 5.11. The van der Waals surface area contributed by atoms with Gasteiger partial charge in [0.05, 0.1) is 17.5 Å². The third kappa shape index (κ3) is 3.70. The van der Waals surface area contributed by atoms with E-state index in [9.17, 15) is 5.11 Å². The van der Waals surface area contributed by atoms with Crippen molar-refractivity contribution in [2.24, 2.45) is 5.92 Å². The summed E-state index contributed by atoms with van der Waals surface area (Å²) in [6.45, 7) is 3.07. The molecule has 1 fully saturated rings. The molecule has 1 aliphatic heterocycles. The minimum atomic E-state index is -0.261. The first-order valence-corrected chi connectivity index (χ1v) is 9.10. The van der Waals surface area contributed by atoms with Crippen molar-refractivity contribution in [3.63, 3.8) is 0 Å². The van der Waals surface area contributed by atoms with Gasteiger partial charge in [0.25, 0.3) is 0 Å². The van der Waals surface area contributed by atoms with Gasteiger partial charge in [0.1, 0.15) is 0 Å². The zero-order valence-electron chi connectivity index (χ0n) is 14.7. The van der Waals surface area contributed by atoms with Gasteiger partial charge in [0, 0.05) is 49.4 Å². The van der Waals surface area contributed by atoms with Crippen LogP contribution in [0.1, 0.15) is 5.56 Å². The number of aliphatic hydroxyl groups excluding tert-OH is 1. The first-order valence-electron chi connectivity index (χ1n) is 9.10. The predicted molar refractivity (Wildman–Crippen MR) is 103 cm³/mol. The van der Waals surface area contributed by atoms with Gasteiger partial charge in [0.15, 0.2) is 0 Å². The van der Waals surface area contributed by atoms with E-state index >= 15 is 0 Å². The number of para-hydroxylation sites is 1. The number of aliphatic hydroxyl groups is 1. The fourth-order valence-electron chi connectivity index (χ4n) is 3.41. The maximum atomic E-state index is 9.95. The lowest BCUT2D eigenvalue weighted by Gasteiger charge is -2.14. The van der Waals surface area contributed by atoms with Crippen LogP contribution in [0.4, 0.5) is 0 Å². The number of β-amino-alcohol motifs (C(OH)–C–C–N with tert-alkyl or cyclic N) is 1. The summed E-state index contributed by atoms with van der Waals surface area (Å²) in [7, 11) is 0. The van der Waals surface area contributed by atoms with Crippen LogP contribution in [0.15, 0.2) is 66.9 Å². The molecule has 0 bridgehead atoms. The molecule has 26 heavy (non-hydrogen) atoms. The standard InChI is InChI=1S/C21H24N4O/c26-20-14-23-12-17(20)11-22-13-18-15-25(19-9-5-2-6-10-19)24-21(18)16-7-3-1-4-8-16/h1-10,15,17,20,22-23,26H,11-14H2/t17-,20+/m0/s1. The fourth-order valence-corrected chi connectivity index (χ4v) is 3.41. The molecule has 3 N–H and O–H groups in total. The van der Waals surface area contributed by atoms with Crippen molar-refractivity contribution < 1.29 is 5.11 Å². The average molecular weight is 348 g/mol. The minimum absolute atomic E-state index is 0.261. The second kappa shape index (κ2) is 7.83. The van der Waals surface area contributed by atoms with Crippen molar-refractivity contribution in [2.75, 3.05) is 19.6 Å². The number of benzene rings is 2. The van der Waals surface area contributed by atoms with Gasteiger partial charge >= 0.3 is 0 Å². The van der Waals surface area contributed by atoms with E-state index in [4.69, 9.17) is 5.10 Å². The van der Waals surface area contributed by atoms with Crippen LogP contribution in [-0.2, 0) is 6.54 Å². The first kappa shape index (κ1) is 17.0. The molecule has 3 aromatic rings. The van der Waals surface area contributed by atoms with E-state index < -0.39 is 0 Å². The Bertz CT molecular complexity index is 832. The van der Waals surface area contributed by atoms with Gasteiger partial charge in [-0.3, -0.25) is 0 Å². The highest BCUT2D eigenvalue weighted by molar-refractivity contribution is 5.63. The topological polar surface area (TPSA) is 62.1 Å². The number of hydrogen-bond acceptors (Lipinski definition) is 4. The van der Waals surface area contributed by atoms with Gasteiger partial charge in [-0.2, -0.15) is 5.10 Å². The van der Waals surface area contributed by atoms with Crippen LogP contribution in [0.3, 0.4) is 0 Å². The van der Waals surface area contributed by atoms with E-state index in [2.05, 4.69) is 41.1 Å². The molecule has 5 nitrogen and oxygen atoms in total. The Balaban J connectivity index is 1.56.